The summed E-state index contributed by atoms with van der Waals surface area (Å²) in [5.74, 6) is 0.819. The van der Waals surface area contributed by atoms with E-state index in [0.717, 1.165) is 12.8 Å². The van der Waals surface area contributed by atoms with E-state index >= 15 is 0 Å². The van der Waals surface area contributed by atoms with Crippen molar-refractivity contribution in [1.82, 2.24) is 15.5 Å². The van der Waals surface area contributed by atoms with Crippen molar-refractivity contribution >= 4 is 5.91 Å². The molecule has 106 valence electrons. The number of rotatable bonds is 3. The first kappa shape index (κ1) is 14.0. The maximum absolute atomic E-state index is 11.2. The molecule has 1 aliphatic heterocycles. The fourth-order valence-electron chi connectivity index (χ4n) is 2.27. The highest BCUT2D eigenvalue weighted by molar-refractivity contribution is 5.73. The molecule has 1 unspecified atom stereocenters. The van der Waals surface area contributed by atoms with E-state index in [2.05, 4.69) is 15.5 Å². The van der Waals surface area contributed by atoms with Crippen LogP contribution in [0.3, 0.4) is 0 Å². The van der Waals surface area contributed by atoms with Gasteiger partial charge in [0.05, 0.1) is 11.1 Å². The van der Waals surface area contributed by atoms with Crippen LogP contribution in [0.15, 0.2) is 4.52 Å². The van der Waals surface area contributed by atoms with Gasteiger partial charge in [0.25, 0.3) is 5.89 Å². The Kier molecular flexibility index (Phi) is 3.38. The SMILES string of the molecule is CC(=O)NC(C)(C)c1noc(C2CCC(C)(C)O2)n1. The molecule has 1 fully saturated rings. The molecule has 1 amide bonds. The first-order valence-corrected chi connectivity index (χ1v) is 6.50. The van der Waals surface area contributed by atoms with Gasteiger partial charge in [-0.1, -0.05) is 5.16 Å². The van der Waals surface area contributed by atoms with Crippen LogP contribution < -0.4 is 5.32 Å². The van der Waals surface area contributed by atoms with Crippen LogP contribution in [0.4, 0.5) is 0 Å². The van der Waals surface area contributed by atoms with Gasteiger partial charge in [-0.15, -0.1) is 0 Å². The molecule has 1 aromatic rings. The Labute approximate surface area is 112 Å². The Balaban J connectivity index is 2.13. The zero-order valence-corrected chi connectivity index (χ0v) is 12.1. The number of hydrogen-bond donors (Lipinski definition) is 1. The normalized spacial score (nSPS) is 22.5. The number of carbonyl (C=O) groups is 1. The predicted octanol–water partition coefficient (Wildman–Crippen LogP) is 2.07. The summed E-state index contributed by atoms with van der Waals surface area (Å²) in [6.07, 6.45) is 1.68. The average molecular weight is 267 g/mol. The highest BCUT2D eigenvalue weighted by Crippen LogP contribution is 2.38. The van der Waals surface area contributed by atoms with E-state index in [4.69, 9.17) is 9.26 Å². The first-order chi connectivity index (χ1) is 8.70. The topological polar surface area (TPSA) is 77.2 Å². The van der Waals surface area contributed by atoms with Gasteiger partial charge in [-0.3, -0.25) is 4.79 Å². The van der Waals surface area contributed by atoms with Gasteiger partial charge < -0.3 is 14.6 Å². The molecule has 1 aromatic heterocycles. The summed E-state index contributed by atoms with van der Waals surface area (Å²) < 4.78 is 11.1. The van der Waals surface area contributed by atoms with Gasteiger partial charge in [-0.2, -0.15) is 4.98 Å². The van der Waals surface area contributed by atoms with E-state index in [0.29, 0.717) is 11.7 Å². The Hall–Kier alpha value is -1.43. The molecule has 0 aliphatic carbocycles. The highest BCUT2D eigenvalue weighted by Gasteiger charge is 2.37. The summed E-state index contributed by atoms with van der Waals surface area (Å²) >= 11 is 0. The lowest BCUT2D eigenvalue weighted by Gasteiger charge is -2.21. The molecule has 0 aromatic carbocycles. The van der Waals surface area contributed by atoms with Crippen molar-refractivity contribution in [3.63, 3.8) is 0 Å². The predicted molar refractivity (Wildman–Crippen MR) is 68.3 cm³/mol. The van der Waals surface area contributed by atoms with Crippen molar-refractivity contribution < 1.29 is 14.1 Å². The fraction of sp³-hybridized carbons (Fsp3) is 0.769. The molecule has 1 saturated heterocycles. The van der Waals surface area contributed by atoms with Crippen molar-refractivity contribution in [2.24, 2.45) is 0 Å². The minimum atomic E-state index is -0.651. The van der Waals surface area contributed by atoms with Gasteiger partial charge in [0.15, 0.2) is 5.82 Å². The molecular formula is C13H21N3O3. The molecular weight excluding hydrogens is 246 g/mol. The van der Waals surface area contributed by atoms with Crippen molar-refractivity contribution in [3.05, 3.63) is 11.7 Å². The number of amides is 1. The molecule has 1 N–H and O–H groups in total. The number of hydrogen-bond acceptors (Lipinski definition) is 5. The standard InChI is InChI=1S/C13H21N3O3/c1-8(17)15-13(4,5)11-14-10(19-16-11)9-6-7-12(2,3)18-9/h9H,6-7H2,1-5H3,(H,15,17). The van der Waals surface area contributed by atoms with Crippen LogP contribution in [0.1, 0.15) is 65.3 Å². The van der Waals surface area contributed by atoms with Crippen LogP contribution in [0.25, 0.3) is 0 Å². The van der Waals surface area contributed by atoms with E-state index in [1.165, 1.54) is 6.92 Å². The van der Waals surface area contributed by atoms with E-state index in [1.54, 1.807) is 0 Å². The first-order valence-electron chi connectivity index (χ1n) is 6.50. The van der Waals surface area contributed by atoms with Gasteiger partial charge in [-0.05, 0) is 40.5 Å². The summed E-state index contributed by atoms with van der Waals surface area (Å²) in [4.78, 5) is 15.5. The quantitative estimate of drug-likeness (QED) is 0.907. The summed E-state index contributed by atoms with van der Waals surface area (Å²) in [7, 11) is 0. The van der Waals surface area contributed by atoms with Gasteiger partial charge in [0.1, 0.15) is 6.10 Å². The third-order valence-corrected chi connectivity index (χ3v) is 3.23. The number of carbonyl (C=O) groups excluding carboxylic acids is 1. The van der Waals surface area contributed by atoms with Crippen molar-refractivity contribution in [2.75, 3.05) is 0 Å². The van der Waals surface area contributed by atoms with E-state index < -0.39 is 5.54 Å². The minimum Gasteiger partial charge on any atom is -0.363 e. The summed E-state index contributed by atoms with van der Waals surface area (Å²) in [6.45, 7) is 9.23. The third kappa shape index (κ3) is 3.12. The summed E-state index contributed by atoms with van der Waals surface area (Å²) in [5, 5.41) is 6.74. The summed E-state index contributed by atoms with van der Waals surface area (Å²) in [5.41, 5.74) is -0.797. The fourth-order valence-corrected chi connectivity index (χ4v) is 2.27. The number of nitrogens with one attached hydrogen (secondary N) is 1. The summed E-state index contributed by atoms with van der Waals surface area (Å²) in [6, 6.07) is 0. The maximum atomic E-state index is 11.2. The molecule has 2 heterocycles. The molecule has 2 rings (SSSR count). The molecule has 6 heteroatoms. The lowest BCUT2D eigenvalue weighted by molar-refractivity contribution is -0.120. The van der Waals surface area contributed by atoms with Crippen LogP contribution in [-0.4, -0.2) is 21.6 Å². The Morgan fingerprint density at radius 2 is 2.16 bits per heavy atom. The Bertz CT molecular complexity index is 479. The number of aromatic nitrogens is 2. The van der Waals surface area contributed by atoms with Crippen LogP contribution in [0.5, 0.6) is 0 Å². The molecule has 0 spiro atoms. The van der Waals surface area contributed by atoms with Crippen LogP contribution in [0.2, 0.25) is 0 Å². The Morgan fingerprint density at radius 1 is 1.47 bits per heavy atom. The van der Waals surface area contributed by atoms with Gasteiger partial charge in [0.2, 0.25) is 5.91 Å². The van der Waals surface area contributed by atoms with E-state index in [9.17, 15) is 4.79 Å². The molecule has 0 bridgehead atoms. The van der Waals surface area contributed by atoms with E-state index in [1.807, 2.05) is 27.7 Å². The zero-order valence-electron chi connectivity index (χ0n) is 12.1. The maximum Gasteiger partial charge on any atom is 0.255 e. The monoisotopic (exact) mass is 267 g/mol. The van der Waals surface area contributed by atoms with Gasteiger partial charge in [-0.25, -0.2) is 0 Å². The molecule has 0 radical (unpaired) electrons. The molecule has 6 nitrogen and oxygen atoms in total. The minimum absolute atomic E-state index is 0.130. The smallest absolute Gasteiger partial charge is 0.255 e. The molecule has 1 aliphatic rings. The van der Waals surface area contributed by atoms with Crippen LogP contribution >= 0.6 is 0 Å². The van der Waals surface area contributed by atoms with Crippen LogP contribution in [0, 0.1) is 0 Å². The second kappa shape index (κ2) is 4.59. The second-order valence-electron chi connectivity index (χ2n) is 6.17. The van der Waals surface area contributed by atoms with Crippen molar-refractivity contribution in [1.29, 1.82) is 0 Å². The molecule has 1 atom stereocenters. The number of nitrogens with zero attached hydrogens (tertiary/aromatic N) is 2. The van der Waals surface area contributed by atoms with Crippen LogP contribution in [-0.2, 0) is 15.1 Å². The third-order valence-electron chi connectivity index (χ3n) is 3.23. The molecule has 0 saturated carbocycles. The lowest BCUT2D eigenvalue weighted by atomic mass is 10.0. The van der Waals surface area contributed by atoms with E-state index in [-0.39, 0.29) is 17.6 Å². The Morgan fingerprint density at radius 3 is 2.68 bits per heavy atom. The second-order valence-corrected chi connectivity index (χ2v) is 6.17. The lowest BCUT2D eigenvalue weighted by Crippen LogP contribution is -2.40. The number of ether oxygens (including phenoxy) is 1. The van der Waals surface area contributed by atoms with Crippen molar-refractivity contribution in [3.8, 4) is 0 Å². The average Bonchev–Trinajstić information content (AvgIpc) is 2.82. The largest absolute Gasteiger partial charge is 0.363 e. The highest BCUT2D eigenvalue weighted by atomic mass is 16.5. The van der Waals surface area contributed by atoms with Crippen molar-refractivity contribution in [2.45, 2.75) is 64.7 Å². The van der Waals surface area contributed by atoms with Gasteiger partial charge >= 0.3 is 0 Å². The van der Waals surface area contributed by atoms with Gasteiger partial charge in [0, 0.05) is 6.92 Å². The zero-order chi connectivity index (χ0) is 14.3. The molecule has 19 heavy (non-hydrogen) atoms.